The third kappa shape index (κ3) is 6.46. The van der Waals surface area contributed by atoms with Crippen LogP contribution < -0.4 is 19.9 Å². The average Bonchev–Trinajstić information content (AvgIpc) is 3.52. The maximum atomic E-state index is 13.2. The Bertz CT molecular complexity index is 1610. The number of carbonyl (C=O) groups excluding carboxylic acids is 1. The second kappa shape index (κ2) is 12.4. The number of likely N-dealkylation sites (N-methyl/N-ethyl adjacent to an activating group) is 1. The minimum absolute atomic E-state index is 0.0876. The number of pyridine rings is 2. The Morgan fingerprint density at radius 3 is 2.64 bits per heavy atom. The molecule has 3 aromatic heterocycles. The number of nitro groups is 1. The van der Waals surface area contributed by atoms with Crippen LogP contribution in [0, 0.1) is 17.0 Å². The van der Waals surface area contributed by atoms with Gasteiger partial charge in [-0.1, -0.05) is 13.8 Å². The van der Waals surface area contributed by atoms with Crippen molar-refractivity contribution in [2.75, 3.05) is 56.0 Å². The summed E-state index contributed by atoms with van der Waals surface area (Å²) in [5.41, 5.74) is 2.53. The molecule has 0 unspecified atom stereocenters. The van der Waals surface area contributed by atoms with E-state index in [9.17, 15) is 14.9 Å². The smallest absolute Gasteiger partial charge is 0.343 e. The minimum atomic E-state index is -0.560. The van der Waals surface area contributed by atoms with Crippen LogP contribution in [0.15, 0.2) is 24.4 Å². The quantitative estimate of drug-likeness (QED) is 0.189. The SMILES string of the molecule is COc1nc(N2CCC[C@H]2CN(C)C)c([N+](=O)[O-])cc1Nc1ncc(C(=O)OC(C)C)c(N2CC(C)(C)c3nc(C)ccc32)n1. The van der Waals surface area contributed by atoms with Crippen LogP contribution in [0.5, 0.6) is 5.88 Å². The lowest BCUT2D eigenvalue weighted by atomic mass is 9.91. The predicted octanol–water partition coefficient (Wildman–Crippen LogP) is 4.76. The van der Waals surface area contributed by atoms with Gasteiger partial charge in [0, 0.05) is 49.0 Å². The average molecular weight is 620 g/mol. The van der Waals surface area contributed by atoms with Gasteiger partial charge < -0.3 is 29.5 Å². The Labute approximate surface area is 262 Å². The van der Waals surface area contributed by atoms with Crippen LogP contribution in [0.3, 0.4) is 0 Å². The normalized spacial score (nSPS) is 17.2. The van der Waals surface area contributed by atoms with Crippen LogP contribution in [-0.4, -0.2) is 88.7 Å². The number of anilines is 5. The number of hydrogen-bond acceptors (Lipinski definition) is 13. The van der Waals surface area contributed by atoms with Crippen molar-refractivity contribution in [1.82, 2.24) is 24.8 Å². The Morgan fingerprint density at radius 2 is 1.98 bits per heavy atom. The number of aromatic nitrogens is 4. The molecule has 1 saturated heterocycles. The van der Waals surface area contributed by atoms with Gasteiger partial charge in [-0.15, -0.1) is 0 Å². The molecule has 5 heterocycles. The van der Waals surface area contributed by atoms with Crippen LogP contribution in [-0.2, 0) is 10.2 Å². The number of hydrogen-bond donors (Lipinski definition) is 1. The molecule has 1 N–H and O–H groups in total. The van der Waals surface area contributed by atoms with Crippen molar-refractivity contribution in [3.8, 4) is 5.88 Å². The summed E-state index contributed by atoms with van der Waals surface area (Å²) < 4.78 is 11.1. The summed E-state index contributed by atoms with van der Waals surface area (Å²) in [6.45, 7) is 11.6. The van der Waals surface area contributed by atoms with Crippen LogP contribution >= 0.6 is 0 Å². The second-order valence-corrected chi connectivity index (χ2v) is 12.7. The van der Waals surface area contributed by atoms with Gasteiger partial charge in [0.2, 0.25) is 17.6 Å². The molecule has 14 heteroatoms. The fourth-order valence-electron chi connectivity index (χ4n) is 5.98. The Hall–Kier alpha value is -4.59. The summed E-state index contributed by atoms with van der Waals surface area (Å²) in [7, 11) is 5.42. The molecular formula is C31H41N9O5. The summed E-state index contributed by atoms with van der Waals surface area (Å²) in [4.78, 5) is 49.7. The van der Waals surface area contributed by atoms with E-state index in [1.165, 1.54) is 19.4 Å². The monoisotopic (exact) mass is 619 g/mol. The molecule has 1 fully saturated rings. The van der Waals surface area contributed by atoms with Gasteiger partial charge >= 0.3 is 11.7 Å². The first-order valence-corrected chi connectivity index (χ1v) is 15.0. The number of ether oxygens (including phenoxy) is 2. The van der Waals surface area contributed by atoms with Crippen LogP contribution in [0.25, 0.3) is 0 Å². The maximum absolute atomic E-state index is 13.2. The molecule has 1 atom stereocenters. The van der Waals surface area contributed by atoms with Crippen molar-refractivity contribution >= 4 is 40.6 Å². The lowest BCUT2D eigenvalue weighted by molar-refractivity contribution is -0.384. The van der Waals surface area contributed by atoms with Crippen molar-refractivity contribution in [2.45, 2.75) is 65.0 Å². The molecule has 0 spiro atoms. The zero-order chi connectivity index (χ0) is 32.6. The van der Waals surface area contributed by atoms with Gasteiger partial charge in [0.15, 0.2) is 5.82 Å². The van der Waals surface area contributed by atoms with Crippen LogP contribution in [0.2, 0.25) is 0 Å². The van der Waals surface area contributed by atoms with E-state index in [2.05, 4.69) is 34.0 Å². The first kappa shape index (κ1) is 31.8. The summed E-state index contributed by atoms with van der Waals surface area (Å²) in [5, 5.41) is 15.4. The minimum Gasteiger partial charge on any atom is -0.479 e. The third-order valence-corrected chi connectivity index (χ3v) is 7.90. The van der Waals surface area contributed by atoms with Crippen molar-refractivity contribution in [1.29, 1.82) is 0 Å². The van der Waals surface area contributed by atoms with Crippen molar-refractivity contribution in [3.63, 3.8) is 0 Å². The van der Waals surface area contributed by atoms with E-state index in [0.29, 0.717) is 18.9 Å². The fourth-order valence-corrected chi connectivity index (χ4v) is 5.98. The Kier molecular flexibility index (Phi) is 8.79. The standard InChI is InChI=1S/C31H41N9O5/c1-18(2)45-29(41)21-15-32-30(36-26(21)39-17-31(4,5)25-23(39)12-11-19(3)33-25)34-22-14-24(40(42)43)27(35-28(22)44-8)38-13-9-10-20(38)16-37(6)7/h11-12,14-15,18,20H,9-10,13,16-17H2,1-8H3,(H,32,34,36)/t20-/m0/s1. The lowest BCUT2D eigenvalue weighted by Crippen LogP contribution is -2.38. The summed E-state index contributed by atoms with van der Waals surface area (Å²) in [6, 6.07) is 5.37. The number of nitrogens with zero attached hydrogens (tertiary/aromatic N) is 8. The molecule has 0 radical (unpaired) electrons. The van der Waals surface area contributed by atoms with Crippen molar-refractivity contribution in [2.24, 2.45) is 0 Å². The highest BCUT2D eigenvalue weighted by atomic mass is 16.6. The molecule has 2 aliphatic rings. The van der Waals surface area contributed by atoms with E-state index in [1.54, 1.807) is 13.8 Å². The van der Waals surface area contributed by atoms with E-state index in [4.69, 9.17) is 19.4 Å². The Balaban J connectivity index is 1.57. The molecule has 0 bridgehead atoms. The summed E-state index contributed by atoms with van der Waals surface area (Å²) >= 11 is 0. The van der Waals surface area contributed by atoms with Crippen LogP contribution in [0.4, 0.5) is 34.6 Å². The van der Waals surface area contributed by atoms with Gasteiger partial charge in [-0.05, 0) is 59.8 Å². The largest absolute Gasteiger partial charge is 0.479 e. The van der Waals surface area contributed by atoms with Crippen molar-refractivity contribution in [3.05, 3.63) is 51.5 Å². The zero-order valence-electron chi connectivity index (χ0n) is 27.1. The molecule has 45 heavy (non-hydrogen) atoms. The molecule has 0 aromatic carbocycles. The molecule has 0 aliphatic carbocycles. The molecule has 2 aliphatic heterocycles. The highest BCUT2D eigenvalue weighted by Gasteiger charge is 2.40. The number of nitrogens with one attached hydrogen (secondary N) is 1. The lowest BCUT2D eigenvalue weighted by Gasteiger charge is -2.28. The van der Waals surface area contributed by atoms with Gasteiger partial charge in [-0.3, -0.25) is 15.1 Å². The van der Waals surface area contributed by atoms with E-state index in [0.717, 1.165) is 36.5 Å². The Morgan fingerprint density at radius 1 is 1.22 bits per heavy atom. The number of aryl methyl sites for hydroxylation is 1. The number of methoxy groups -OCH3 is 1. The molecule has 240 valence electrons. The number of fused-ring (bicyclic) bond motifs is 1. The number of carbonyl (C=O) groups is 1. The topological polar surface area (TPSA) is 152 Å². The third-order valence-electron chi connectivity index (χ3n) is 7.90. The van der Waals surface area contributed by atoms with E-state index in [-0.39, 0.29) is 52.1 Å². The van der Waals surface area contributed by atoms with Crippen molar-refractivity contribution < 1.29 is 19.2 Å². The molecule has 5 rings (SSSR count). The van der Waals surface area contributed by atoms with E-state index < -0.39 is 10.9 Å². The highest BCUT2D eigenvalue weighted by Crippen LogP contribution is 2.44. The molecular weight excluding hydrogens is 578 g/mol. The fraction of sp³-hybridized carbons (Fsp3) is 0.516. The van der Waals surface area contributed by atoms with E-state index in [1.807, 2.05) is 43.0 Å². The molecule has 3 aromatic rings. The van der Waals surface area contributed by atoms with Gasteiger partial charge in [0.05, 0.1) is 29.5 Å². The number of esters is 1. The maximum Gasteiger partial charge on any atom is 0.343 e. The summed E-state index contributed by atoms with van der Waals surface area (Å²) in [6.07, 6.45) is 2.87. The number of rotatable bonds is 10. The zero-order valence-corrected chi connectivity index (χ0v) is 27.1. The first-order valence-electron chi connectivity index (χ1n) is 15.0. The first-order chi connectivity index (χ1) is 21.3. The van der Waals surface area contributed by atoms with Gasteiger partial charge in [0.1, 0.15) is 11.3 Å². The van der Waals surface area contributed by atoms with Gasteiger partial charge in [-0.25, -0.2) is 9.78 Å². The predicted molar refractivity (Wildman–Crippen MR) is 171 cm³/mol. The van der Waals surface area contributed by atoms with Crippen LogP contribution in [0.1, 0.15) is 62.3 Å². The highest BCUT2D eigenvalue weighted by molar-refractivity contribution is 5.96. The summed E-state index contributed by atoms with van der Waals surface area (Å²) in [5.74, 6) is 0.296. The van der Waals surface area contributed by atoms with Gasteiger partial charge in [-0.2, -0.15) is 9.97 Å². The van der Waals surface area contributed by atoms with E-state index >= 15 is 0 Å². The molecule has 14 nitrogen and oxygen atoms in total. The van der Waals surface area contributed by atoms with Gasteiger partial charge in [0.25, 0.3) is 0 Å². The second-order valence-electron chi connectivity index (χ2n) is 12.7. The molecule has 0 saturated carbocycles. The molecule has 0 amide bonds.